The van der Waals surface area contributed by atoms with Crippen molar-refractivity contribution >= 4 is 5.78 Å². The van der Waals surface area contributed by atoms with Gasteiger partial charge < -0.3 is 4.90 Å². The highest BCUT2D eigenvalue weighted by atomic mass is 16.1. The second-order valence-corrected chi connectivity index (χ2v) is 6.92. The number of carbonyl (C=O) groups is 1. The summed E-state index contributed by atoms with van der Waals surface area (Å²) in [4.78, 5) is 14.7. The fourth-order valence-corrected chi connectivity index (χ4v) is 3.50. The number of Topliss-reactive ketones (excluding diaryl/α,β-unsaturated/α-hetero) is 1. The topological polar surface area (TPSA) is 20.3 Å². The minimum atomic E-state index is 0.128. The third-order valence-electron chi connectivity index (χ3n) is 4.86. The molecule has 2 aromatic carbocycles. The van der Waals surface area contributed by atoms with Crippen molar-refractivity contribution in [3.63, 3.8) is 0 Å². The van der Waals surface area contributed by atoms with Gasteiger partial charge in [-0.1, -0.05) is 74.5 Å². The van der Waals surface area contributed by atoms with Crippen molar-refractivity contribution in [2.45, 2.75) is 39.3 Å². The van der Waals surface area contributed by atoms with Gasteiger partial charge in [0, 0.05) is 24.2 Å². The molecule has 0 aliphatic carbocycles. The SMILES string of the molecule is CC1=CN(C(c2ccccc2)c2ccccc2)C(C(C)C)CC1=O. The van der Waals surface area contributed by atoms with Crippen LogP contribution in [0.2, 0.25) is 0 Å². The number of rotatable bonds is 4. The molecular formula is C22H25NO. The minimum Gasteiger partial charge on any atom is -0.362 e. The molecule has 3 rings (SSSR count). The lowest BCUT2D eigenvalue weighted by molar-refractivity contribution is -0.118. The summed E-state index contributed by atoms with van der Waals surface area (Å²) in [5.74, 6) is 0.679. The summed E-state index contributed by atoms with van der Waals surface area (Å²) in [6.45, 7) is 6.33. The van der Waals surface area contributed by atoms with E-state index in [4.69, 9.17) is 0 Å². The Morgan fingerprint density at radius 1 is 0.917 bits per heavy atom. The maximum atomic E-state index is 12.3. The maximum absolute atomic E-state index is 12.3. The van der Waals surface area contributed by atoms with Crippen molar-refractivity contribution in [2.75, 3.05) is 0 Å². The summed E-state index contributed by atoms with van der Waals surface area (Å²) in [5.41, 5.74) is 3.37. The Bertz CT molecular complexity index is 679. The first-order valence-corrected chi connectivity index (χ1v) is 8.67. The molecule has 24 heavy (non-hydrogen) atoms. The van der Waals surface area contributed by atoms with E-state index in [1.165, 1.54) is 11.1 Å². The van der Waals surface area contributed by atoms with E-state index in [2.05, 4.69) is 73.5 Å². The third-order valence-corrected chi connectivity index (χ3v) is 4.86. The van der Waals surface area contributed by atoms with Crippen molar-refractivity contribution < 1.29 is 4.79 Å². The molecule has 0 fully saturated rings. The highest BCUT2D eigenvalue weighted by molar-refractivity contribution is 5.95. The molecule has 2 aromatic rings. The average molecular weight is 319 g/mol. The van der Waals surface area contributed by atoms with Crippen LogP contribution in [0.4, 0.5) is 0 Å². The average Bonchev–Trinajstić information content (AvgIpc) is 2.60. The quantitative estimate of drug-likeness (QED) is 0.792. The fraction of sp³-hybridized carbons (Fsp3) is 0.318. The van der Waals surface area contributed by atoms with Crippen LogP contribution >= 0.6 is 0 Å². The van der Waals surface area contributed by atoms with E-state index < -0.39 is 0 Å². The van der Waals surface area contributed by atoms with Crippen LogP contribution in [0.5, 0.6) is 0 Å². The number of ketones is 1. The summed E-state index contributed by atoms with van der Waals surface area (Å²) in [5, 5.41) is 0. The molecule has 2 heteroatoms. The molecule has 1 atom stereocenters. The van der Waals surface area contributed by atoms with Crippen LogP contribution in [0, 0.1) is 5.92 Å². The third kappa shape index (κ3) is 3.28. The van der Waals surface area contributed by atoms with Gasteiger partial charge in [0.15, 0.2) is 5.78 Å². The molecule has 1 heterocycles. The monoisotopic (exact) mass is 319 g/mol. The molecule has 0 saturated heterocycles. The van der Waals surface area contributed by atoms with Crippen LogP contribution in [0.25, 0.3) is 0 Å². The lowest BCUT2D eigenvalue weighted by Gasteiger charge is -2.42. The van der Waals surface area contributed by atoms with Gasteiger partial charge in [0.05, 0.1) is 6.04 Å². The lowest BCUT2D eigenvalue weighted by Crippen LogP contribution is -2.43. The predicted octanol–water partition coefficient (Wildman–Crippen LogP) is 4.98. The van der Waals surface area contributed by atoms with Crippen molar-refractivity contribution in [1.29, 1.82) is 0 Å². The first-order valence-electron chi connectivity index (χ1n) is 8.67. The number of hydrogen-bond acceptors (Lipinski definition) is 2. The maximum Gasteiger partial charge on any atom is 0.162 e. The van der Waals surface area contributed by atoms with Crippen LogP contribution in [-0.2, 0) is 4.79 Å². The second kappa shape index (κ2) is 7.04. The van der Waals surface area contributed by atoms with Crippen molar-refractivity contribution in [3.05, 3.63) is 83.6 Å². The van der Waals surface area contributed by atoms with E-state index in [1.54, 1.807) is 0 Å². The summed E-state index contributed by atoms with van der Waals surface area (Å²) in [7, 11) is 0. The zero-order valence-electron chi connectivity index (χ0n) is 14.6. The highest BCUT2D eigenvalue weighted by Gasteiger charge is 2.33. The molecule has 0 aromatic heterocycles. The number of carbonyl (C=O) groups excluding carboxylic acids is 1. The Balaban J connectivity index is 2.12. The molecule has 1 aliphatic heterocycles. The van der Waals surface area contributed by atoms with Crippen LogP contribution in [0.3, 0.4) is 0 Å². The van der Waals surface area contributed by atoms with Crippen LogP contribution in [-0.4, -0.2) is 16.7 Å². The van der Waals surface area contributed by atoms with E-state index in [1.807, 2.05) is 19.1 Å². The molecule has 1 unspecified atom stereocenters. The molecule has 0 saturated carbocycles. The van der Waals surface area contributed by atoms with Gasteiger partial charge in [-0.2, -0.15) is 0 Å². The van der Waals surface area contributed by atoms with E-state index >= 15 is 0 Å². The molecule has 0 N–H and O–H groups in total. The van der Waals surface area contributed by atoms with E-state index in [-0.39, 0.29) is 17.9 Å². The van der Waals surface area contributed by atoms with Crippen molar-refractivity contribution in [3.8, 4) is 0 Å². The van der Waals surface area contributed by atoms with Gasteiger partial charge >= 0.3 is 0 Å². The van der Waals surface area contributed by atoms with Crippen molar-refractivity contribution in [2.24, 2.45) is 5.92 Å². The van der Waals surface area contributed by atoms with Crippen molar-refractivity contribution in [1.82, 2.24) is 4.90 Å². The lowest BCUT2D eigenvalue weighted by atomic mass is 9.87. The molecular weight excluding hydrogens is 294 g/mol. The summed E-state index contributed by atoms with van der Waals surface area (Å²) in [6.07, 6.45) is 2.66. The zero-order chi connectivity index (χ0) is 17.1. The molecule has 124 valence electrons. The summed E-state index contributed by atoms with van der Waals surface area (Å²) in [6, 6.07) is 21.5. The molecule has 0 bridgehead atoms. The molecule has 0 amide bonds. The van der Waals surface area contributed by atoms with Gasteiger partial charge in [-0.15, -0.1) is 0 Å². The first kappa shape index (κ1) is 16.5. The molecule has 2 nitrogen and oxygen atoms in total. The van der Waals surface area contributed by atoms with E-state index in [0.717, 1.165) is 5.57 Å². The Kier molecular flexibility index (Phi) is 4.84. The molecule has 0 spiro atoms. The number of allylic oxidation sites excluding steroid dienone is 1. The van der Waals surface area contributed by atoms with Gasteiger partial charge in [-0.05, 0) is 24.0 Å². The molecule has 0 radical (unpaired) electrons. The highest BCUT2D eigenvalue weighted by Crippen LogP contribution is 2.36. The number of nitrogens with zero attached hydrogens (tertiary/aromatic N) is 1. The summed E-state index contributed by atoms with van der Waals surface area (Å²) >= 11 is 0. The van der Waals surface area contributed by atoms with E-state index in [9.17, 15) is 4.79 Å². The standard InChI is InChI=1S/C22H25NO/c1-16(2)20-14-21(24)17(3)15-23(20)22(18-10-6-4-7-11-18)19-12-8-5-9-13-19/h4-13,15-16,20,22H,14H2,1-3H3. The predicted molar refractivity (Wildman–Crippen MR) is 98.6 cm³/mol. The Morgan fingerprint density at radius 3 is 1.88 bits per heavy atom. The smallest absolute Gasteiger partial charge is 0.162 e. The normalized spacial score (nSPS) is 18.2. The second-order valence-electron chi connectivity index (χ2n) is 6.92. The summed E-state index contributed by atoms with van der Waals surface area (Å²) < 4.78 is 0. The zero-order valence-corrected chi connectivity index (χ0v) is 14.6. The molecule has 1 aliphatic rings. The number of hydrogen-bond donors (Lipinski definition) is 0. The van der Waals surface area contributed by atoms with Gasteiger partial charge in [-0.3, -0.25) is 4.79 Å². The van der Waals surface area contributed by atoms with Gasteiger partial charge in [0.2, 0.25) is 0 Å². The Hall–Kier alpha value is -2.35. The first-order chi connectivity index (χ1) is 11.6. The fourth-order valence-electron chi connectivity index (χ4n) is 3.50. The number of benzene rings is 2. The van der Waals surface area contributed by atoms with Crippen LogP contribution in [0.1, 0.15) is 44.4 Å². The Labute approximate surface area is 144 Å². The van der Waals surface area contributed by atoms with Gasteiger partial charge in [-0.25, -0.2) is 0 Å². The Morgan fingerprint density at radius 2 is 1.42 bits per heavy atom. The largest absolute Gasteiger partial charge is 0.362 e. The van der Waals surface area contributed by atoms with E-state index in [0.29, 0.717) is 12.3 Å². The van der Waals surface area contributed by atoms with Gasteiger partial charge in [0.25, 0.3) is 0 Å². The van der Waals surface area contributed by atoms with Gasteiger partial charge in [0.1, 0.15) is 0 Å². The van der Waals surface area contributed by atoms with Crippen LogP contribution < -0.4 is 0 Å². The van der Waals surface area contributed by atoms with Crippen LogP contribution in [0.15, 0.2) is 72.4 Å². The minimum absolute atomic E-state index is 0.128.